The molecule has 0 spiro atoms. The lowest BCUT2D eigenvalue weighted by Crippen LogP contribution is -1.38. The Hall–Kier alpha value is -0.960. The molecule has 0 heteroatoms. The Morgan fingerprint density at radius 2 is 1.33 bits per heavy atom. The number of allylic oxidation sites excluding steroid dienone is 2. The normalized spacial score (nSPS) is 5.67. The molecule has 0 aliphatic heterocycles. The molecule has 0 fully saturated rings. The van der Waals surface area contributed by atoms with Gasteiger partial charge in [0.05, 0.1) is 0 Å². The lowest BCUT2D eigenvalue weighted by Gasteiger charge is -1.52. The van der Waals surface area contributed by atoms with E-state index in [4.69, 9.17) is 6.42 Å². The van der Waals surface area contributed by atoms with Crippen LogP contribution in [0.2, 0.25) is 0 Å². The summed E-state index contributed by atoms with van der Waals surface area (Å²) in [4.78, 5) is 0. The molecule has 0 aliphatic carbocycles. The van der Waals surface area contributed by atoms with E-state index in [1.54, 1.807) is 0 Å². The van der Waals surface area contributed by atoms with Gasteiger partial charge in [0.1, 0.15) is 0 Å². The molecule has 0 heterocycles. The van der Waals surface area contributed by atoms with Crippen molar-refractivity contribution in [3.05, 3.63) is 25.3 Å². The van der Waals surface area contributed by atoms with Gasteiger partial charge in [-0.3, -0.25) is 0 Å². The van der Waals surface area contributed by atoms with E-state index in [0.29, 0.717) is 0 Å². The highest BCUT2D eigenvalue weighted by Gasteiger charge is 1.43. The van der Waals surface area contributed by atoms with Crippen molar-refractivity contribution in [1.82, 2.24) is 0 Å². The quantitative estimate of drug-likeness (QED) is 0.370. The molecule has 0 bridgehead atoms. The summed E-state index contributed by atoms with van der Waals surface area (Å²) in [6.45, 7) is 15.9. The molecule has 0 saturated heterocycles. The highest BCUT2D eigenvalue weighted by molar-refractivity contribution is 4.80. The summed E-state index contributed by atoms with van der Waals surface area (Å²) in [6, 6.07) is 0. The minimum atomic E-state index is 0.847. The minimum absolute atomic E-state index is 0.847. The third-order valence-electron chi connectivity index (χ3n) is 0.537. The summed E-state index contributed by atoms with van der Waals surface area (Å²) in [5.74, 6) is 2.43. The van der Waals surface area contributed by atoms with Crippen molar-refractivity contribution in [3.63, 3.8) is 0 Å². The molecule has 0 saturated carbocycles. The predicted molar refractivity (Wildman–Crippen MR) is 62.2 cm³/mol. The van der Waals surface area contributed by atoms with Crippen LogP contribution in [0, 0.1) is 12.3 Å². The fourth-order valence-electron chi connectivity index (χ4n) is 0. The molecule has 0 nitrogen and oxygen atoms in total. The molecule has 0 amide bonds. The van der Waals surface area contributed by atoms with Crippen molar-refractivity contribution in [2.24, 2.45) is 0 Å². The van der Waals surface area contributed by atoms with E-state index in [-0.39, 0.29) is 0 Å². The first-order chi connectivity index (χ1) is 5.83. The molecule has 72 valence electrons. The summed E-state index contributed by atoms with van der Waals surface area (Å²) in [7, 11) is 0. The standard InChI is InChI=1S/C4H8.C4H6.C2H6.C2H4/c2*1-3-4-2;2*1-2/h3-4H,1-2H3;1H,4H2,2H3;1-2H3;1-2H2/b4-3+;;;. The van der Waals surface area contributed by atoms with Crippen LogP contribution in [0.1, 0.15) is 41.0 Å². The van der Waals surface area contributed by atoms with E-state index in [0.717, 1.165) is 6.42 Å². The second-order valence-corrected chi connectivity index (χ2v) is 1.22. The summed E-state index contributed by atoms with van der Waals surface area (Å²) >= 11 is 0. The first-order valence-electron chi connectivity index (χ1n) is 4.34. The Bertz CT molecular complexity index is 78.7. The Morgan fingerprint density at radius 1 is 1.17 bits per heavy atom. The molecular weight excluding hydrogens is 144 g/mol. The third kappa shape index (κ3) is 540. The van der Waals surface area contributed by atoms with Crippen LogP contribution in [0.4, 0.5) is 0 Å². The van der Waals surface area contributed by atoms with Gasteiger partial charge in [-0.2, -0.15) is 0 Å². The number of rotatable bonds is 0. The first-order valence-corrected chi connectivity index (χ1v) is 4.34. The van der Waals surface area contributed by atoms with Crippen molar-refractivity contribution in [1.29, 1.82) is 0 Å². The average Bonchev–Trinajstić information content (AvgIpc) is 2.23. The zero-order valence-electron chi connectivity index (χ0n) is 9.35. The summed E-state index contributed by atoms with van der Waals surface area (Å²) in [5.41, 5.74) is 0. The van der Waals surface area contributed by atoms with Crippen LogP contribution in [0.15, 0.2) is 25.3 Å². The predicted octanol–water partition coefficient (Wildman–Crippen LogP) is 4.44. The lowest BCUT2D eigenvalue weighted by atomic mass is 10.5. The van der Waals surface area contributed by atoms with Gasteiger partial charge >= 0.3 is 0 Å². The van der Waals surface area contributed by atoms with E-state index < -0.39 is 0 Å². The monoisotopic (exact) mass is 168 g/mol. The van der Waals surface area contributed by atoms with Crippen LogP contribution in [0.3, 0.4) is 0 Å². The van der Waals surface area contributed by atoms with Gasteiger partial charge in [0.2, 0.25) is 0 Å². The van der Waals surface area contributed by atoms with Crippen LogP contribution in [-0.4, -0.2) is 0 Å². The Labute approximate surface area is 79.4 Å². The van der Waals surface area contributed by atoms with Gasteiger partial charge < -0.3 is 0 Å². The minimum Gasteiger partial charge on any atom is -0.120 e. The van der Waals surface area contributed by atoms with Gasteiger partial charge in [0, 0.05) is 6.42 Å². The zero-order chi connectivity index (χ0) is 10.8. The second-order valence-electron chi connectivity index (χ2n) is 1.22. The molecule has 0 aromatic carbocycles. The lowest BCUT2D eigenvalue weighted by molar-refractivity contribution is 1.28. The molecule has 0 rings (SSSR count). The van der Waals surface area contributed by atoms with Gasteiger partial charge in [-0.15, -0.1) is 25.5 Å². The summed E-state index contributed by atoms with van der Waals surface area (Å²) in [5, 5.41) is 0. The van der Waals surface area contributed by atoms with Gasteiger partial charge in [0.25, 0.3) is 0 Å². The van der Waals surface area contributed by atoms with Gasteiger partial charge in [-0.1, -0.05) is 32.9 Å². The average molecular weight is 168 g/mol. The summed E-state index contributed by atoms with van der Waals surface area (Å²) < 4.78 is 0. The van der Waals surface area contributed by atoms with E-state index in [2.05, 4.69) is 19.1 Å². The molecule has 0 atom stereocenters. The van der Waals surface area contributed by atoms with E-state index >= 15 is 0 Å². The molecule has 0 aromatic heterocycles. The largest absolute Gasteiger partial charge is 0.120 e. The van der Waals surface area contributed by atoms with Crippen molar-refractivity contribution in [3.8, 4) is 12.3 Å². The smallest absolute Gasteiger partial charge is 0.00576 e. The van der Waals surface area contributed by atoms with Crippen LogP contribution in [0.25, 0.3) is 0 Å². The Balaban J connectivity index is -0.0000000380. The highest BCUT2D eigenvalue weighted by atomic mass is 13.5. The zero-order valence-corrected chi connectivity index (χ0v) is 9.35. The second kappa shape index (κ2) is 88.8. The number of hydrogen-bond acceptors (Lipinski definition) is 0. The Morgan fingerprint density at radius 3 is 1.33 bits per heavy atom. The number of terminal acetylenes is 1. The van der Waals surface area contributed by atoms with Crippen LogP contribution >= 0.6 is 0 Å². The highest BCUT2D eigenvalue weighted by Crippen LogP contribution is 1.58. The molecule has 0 aliphatic rings. The molecule has 0 N–H and O–H groups in total. The maximum atomic E-state index is 4.78. The fourth-order valence-corrected chi connectivity index (χ4v) is 0. The van der Waals surface area contributed by atoms with Gasteiger partial charge in [0.15, 0.2) is 0 Å². The van der Waals surface area contributed by atoms with Gasteiger partial charge in [-0.25, -0.2) is 0 Å². The van der Waals surface area contributed by atoms with E-state index in [9.17, 15) is 0 Å². The first kappa shape index (κ1) is 22.5. The number of hydrogen-bond donors (Lipinski definition) is 0. The topological polar surface area (TPSA) is 0 Å². The van der Waals surface area contributed by atoms with E-state index in [1.165, 1.54) is 0 Å². The molecular formula is C12H24. The maximum absolute atomic E-state index is 4.78. The van der Waals surface area contributed by atoms with Crippen molar-refractivity contribution >= 4 is 0 Å². The van der Waals surface area contributed by atoms with Crippen molar-refractivity contribution in [2.45, 2.75) is 41.0 Å². The fraction of sp³-hybridized carbons (Fsp3) is 0.500. The summed E-state index contributed by atoms with van der Waals surface area (Å²) in [6.07, 6.45) is 9.62. The third-order valence-corrected chi connectivity index (χ3v) is 0.537. The Kier molecular flexibility index (Phi) is 166. The van der Waals surface area contributed by atoms with Crippen molar-refractivity contribution in [2.75, 3.05) is 0 Å². The van der Waals surface area contributed by atoms with E-state index in [1.807, 2.05) is 46.8 Å². The SMILES string of the molecule is C#CCC.C/C=C/C.C=C.CC. The molecule has 0 radical (unpaired) electrons. The molecule has 0 aromatic rings. The van der Waals surface area contributed by atoms with Gasteiger partial charge in [-0.05, 0) is 13.8 Å². The molecule has 0 unspecified atom stereocenters. The van der Waals surface area contributed by atoms with Crippen LogP contribution in [-0.2, 0) is 0 Å². The van der Waals surface area contributed by atoms with Crippen molar-refractivity contribution < 1.29 is 0 Å². The van der Waals surface area contributed by atoms with Crippen LogP contribution in [0.5, 0.6) is 0 Å². The van der Waals surface area contributed by atoms with Crippen LogP contribution < -0.4 is 0 Å². The maximum Gasteiger partial charge on any atom is 0.00576 e. The molecule has 12 heavy (non-hydrogen) atoms.